The van der Waals surface area contributed by atoms with Crippen molar-refractivity contribution >= 4 is 11.9 Å². The van der Waals surface area contributed by atoms with Crippen molar-refractivity contribution in [3.63, 3.8) is 0 Å². The molecule has 0 aliphatic heterocycles. The highest BCUT2D eigenvalue weighted by molar-refractivity contribution is 5.76. The SMILES string of the molecule is CCCC[C@@H](OC(C)=O)C(=O)O. The van der Waals surface area contributed by atoms with Crippen LogP contribution >= 0.6 is 0 Å². The first kappa shape index (κ1) is 10.9. The molecule has 4 heteroatoms. The molecule has 0 amide bonds. The van der Waals surface area contributed by atoms with Crippen molar-refractivity contribution in [2.45, 2.75) is 39.2 Å². The Kier molecular flexibility index (Phi) is 5.08. The minimum Gasteiger partial charge on any atom is -0.479 e. The standard InChI is InChI=1S/C8H14O4/c1-3-4-5-7(8(10)11)12-6(2)9/h7H,3-5H2,1-2H3,(H,10,11)/t7-/m1/s1. The lowest BCUT2D eigenvalue weighted by atomic mass is 10.1. The van der Waals surface area contributed by atoms with Gasteiger partial charge in [-0.2, -0.15) is 0 Å². The summed E-state index contributed by atoms with van der Waals surface area (Å²) in [6.07, 6.45) is 1.07. The van der Waals surface area contributed by atoms with Gasteiger partial charge >= 0.3 is 11.9 Å². The van der Waals surface area contributed by atoms with E-state index in [0.29, 0.717) is 6.42 Å². The Hall–Kier alpha value is -1.06. The molecule has 0 saturated carbocycles. The summed E-state index contributed by atoms with van der Waals surface area (Å²) in [6, 6.07) is 0. The smallest absolute Gasteiger partial charge is 0.345 e. The van der Waals surface area contributed by atoms with E-state index < -0.39 is 18.0 Å². The molecule has 0 rings (SSSR count). The fourth-order valence-corrected chi connectivity index (χ4v) is 0.823. The number of ether oxygens (including phenoxy) is 1. The number of carbonyl (C=O) groups is 2. The van der Waals surface area contributed by atoms with Crippen molar-refractivity contribution < 1.29 is 19.4 Å². The van der Waals surface area contributed by atoms with Crippen LogP contribution in [0.15, 0.2) is 0 Å². The first-order valence-electron chi connectivity index (χ1n) is 3.98. The molecule has 0 heterocycles. The van der Waals surface area contributed by atoms with Gasteiger partial charge in [-0.3, -0.25) is 4.79 Å². The van der Waals surface area contributed by atoms with Crippen molar-refractivity contribution in [1.82, 2.24) is 0 Å². The maximum atomic E-state index is 10.5. The van der Waals surface area contributed by atoms with Crippen molar-refractivity contribution in [3.05, 3.63) is 0 Å². The van der Waals surface area contributed by atoms with Gasteiger partial charge in [0.05, 0.1) is 0 Å². The van der Waals surface area contributed by atoms with E-state index in [2.05, 4.69) is 4.74 Å². The van der Waals surface area contributed by atoms with Gasteiger partial charge < -0.3 is 9.84 Å². The average Bonchev–Trinajstić information content (AvgIpc) is 1.96. The zero-order valence-electron chi connectivity index (χ0n) is 7.37. The Morgan fingerprint density at radius 1 is 1.50 bits per heavy atom. The lowest BCUT2D eigenvalue weighted by Crippen LogP contribution is -2.25. The second-order valence-electron chi connectivity index (χ2n) is 2.58. The van der Waals surface area contributed by atoms with Gasteiger partial charge in [0.1, 0.15) is 0 Å². The number of rotatable bonds is 5. The number of esters is 1. The predicted octanol–water partition coefficient (Wildman–Crippen LogP) is 1.19. The highest BCUT2D eigenvalue weighted by Crippen LogP contribution is 2.05. The van der Waals surface area contributed by atoms with Crippen molar-refractivity contribution in [2.75, 3.05) is 0 Å². The van der Waals surface area contributed by atoms with Gasteiger partial charge in [-0.15, -0.1) is 0 Å². The van der Waals surface area contributed by atoms with Crippen LogP contribution in [0.4, 0.5) is 0 Å². The van der Waals surface area contributed by atoms with E-state index >= 15 is 0 Å². The summed E-state index contributed by atoms with van der Waals surface area (Å²) < 4.78 is 4.58. The predicted molar refractivity (Wildman–Crippen MR) is 42.7 cm³/mol. The first-order chi connectivity index (χ1) is 5.57. The summed E-state index contributed by atoms with van der Waals surface area (Å²) >= 11 is 0. The van der Waals surface area contributed by atoms with E-state index in [9.17, 15) is 9.59 Å². The van der Waals surface area contributed by atoms with E-state index in [4.69, 9.17) is 5.11 Å². The fraction of sp³-hybridized carbons (Fsp3) is 0.750. The molecule has 1 atom stereocenters. The number of aliphatic carboxylic acids is 1. The Morgan fingerprint density at radius 2 is 2.08 bits per heavy atom. The second-order valence-corrected chi connectivity index (χ2v) is 2.58. The number of hydrogen-bond donors (Lipinski definition) is 1. The monoisotopic (exact) mass is 174 g/mol. The summed E-state index contributed by atoms with van der Waals surface area (Å²) in [7, 11) is 0. The minimum atomic E-state index is -1.07. The van der Waals surface area contributed by atoms with Gasteiger partial charge in [0.25, 0.3) is 0 Å². The normalized spacial score (nSPS) is 12.2. The lowest BCUT2D eigenvalue weighted by Gasteiger charge is -2.10. The molecule has 0 unspecified atom stereocenters. The molecular formula is C8H14O4. The molecule has 0 aromatic heterocycles. The highest BCUT2D eigenvalue weighted by Gasteiger charge is 2.19. The largest absolute Gasteiger partial charge is 0.479 e. The van der Waals surface area contributed by atoms with Crippen molar-refractivity contribution in [2.24, 2.45) is 0 Å². The quantitative estimate of drug-likeness (QED) is 0.636. The maximum absolute atomic E-state index is 10.5. The summed E-state index contributed by atoms with van der Waals surface area (Å²) in [5.41, 5.74) is 0. The lowest BCUT2D eigenvalue weighted by molar-refractivity contribution is -0.162. The number of carbonyl (C=O) groups excluding carboxylic acids is 1. The van der Waals surface area contributed by atoms with Crippen LogP contribution in [-0.4, -0.2) is 23.1 Å². The van der Waals surface area contributed by atoms with Gasteiger partial charge in [-0.25, -0.2) is 4.79 Å². The second kappa shape index (κ2) is 5.57. The number of unbranched alkanes of at least 4 members (excludes halogenated alkanes) is 1. The van der Waals surface area contributed by atoms with E-state index in [1.165, 1.54) is 6.92 Å². The van der Waals surface area contributed by atoms with E-state index in [1.54, 1.807) is 0 Å². The third-order valence-corrected chi connectivity index (χ3v) is 1.40. The molecule has 1 N–H and O–H groups in total. The molecule has 70 valence electrons. The van der Waals surface area contributed by atoms with Gasteiger partial charge in [-0.05, 0) is 12.8 Å². The summed E-state index contributed by atoms with van der Waals surface area (Å²) in [5, 5.41) is 8.57. The third kappa shape index (κ3) is 4.71. The fourth-order valence-electron chi connectivity index (χ4n) is 0.823. The van der Waals surface area contributed by atoms with E-state index in [1.807, 2.05) is 6.92 Å². The van der Waals surface area contributed by atoms with Crippen LogP contribution in [0, 0.1) is 0 Å². The van der Waals surface area contributed by atoms with E-state index in [0.717, 1.165) is 12.8 Å². The summed E-state index contributed by atoms with van der Waals surface area (Å²) in [4.78, 5) is 20.9. The molecule has 0 radical (unpaired) electrons. The number of hydrogen-bond acceptors (Lipinski definition) is 3. The Bertz CT molecular complexity index is 164. The van der Waals surface area contributed by atoms with Gasteiger partial charge in [0.15, 0.2) is 6.10 Å². The van der Waals surface area contributed by atoms with Crippen LogP contribution in [0.5, 0.6) is 0 Å². The Balaban J connectivity index is 3.87. The molecule has 0 aromatic carbocycles. The molecule has 0 spiro atoms. The molecule has 0 bridgehead atoms. The van der Waals surface area contributed by atoms with Crippen LogP contribution in [0.25, 0.3) is 0 Å². The molecule has 0 aliphatic rings. The Labute approximate surface area is 71.5 Å². The van der Waals surface area contributed by atoms with Crippen LogP contribution < -0.4 is 0 Å². The van der Waals surface area contributed by atoms with Gasteiger partial charge in [-0.1, -0.05) is 13.3 Å². The molecule has 0 fully saturated rings. The Morgan fingerprint density at radius 3 is 2.42 bits per heavy atom. The minimum absolute atomic E-state index is 0.394. The molecule has 12 heavy (non-hydrogen) atoms. The molecular weight excluding hydrogens is 160 g/mol. The first-order valence-corrected chi connectivity index (χ1v) is 3.98. The van der Waals surface area contributed by atoms with Crippen LogP contribution in [-0.2, 0) is 14.3 Å². The average molecular weight is 174 g/mol. The topological polar surface area (TPSA) is 63.6 Å². The van der Waals surface area contributed by atoms with Crippen molar-refractivity contribution in [1.29, 1.82) is 0 Å². The maximum Gasteiger partial charge on any atom is 0.345 e. The number of carboxylic acids is 1. The molecule has 0 saturated heterocycles. The van der Waals surface area contributed by atoms with Gasteiger partial charge in [0, 0.05) is 6.92 Å². The van der Waals surface area contributed by atoms with Crippen LogP contribution in [0.2, 0.25) is 0 Å². The zero-order chi connectivity index (χ0) is 9.56. The number of carboxylic acid groups (broad SMARTS) is 1. The molecule has 0 aliphatic carbocycles. The summed E-state index contributed by atoms with van der Waals surface area (Å²) in [6.45, 7) is 3.16. The summed E-state index contributed by atoms with van der Waals surface area (Å²) in [5.74, 6) is -1.61. The molecule has 0 aromatic rings. The zero-order valence-corrected chi connectivity index (χ0v) is 7.37. The third-order valence-electron chi connectivity index (χ3n) is 1.40. The van der Waals surface area contributed by atoms with E-state index in [-0.39, 0.29) is 0 Å². The van der Waals surface area contributed by atoms with Crippen LogP contribution in [0.1, 0.15) is 33.1 Å². The molecule has 4 nitrogen and oxygen atoms in total. The van der Waals surface area contributed by atoms with Crippen LogP contribution in [0.3, 0.4) is 0 Å². The van der Waals surface area contributed by atoms with Crippen molar-refractivity contribution in [3.8, 4) is 0 Å². The highest BCUT2D eigenvalue weighted by atomic mass is 16.6. The van der Waals surface area contributed by atoms with Gasteiger partial charge in [0.2, 0.25) is 0 Å².